The van der Waals surface area contributed by atoms with E-state index in [9.17, 15) is 0 Å². The minimum Gasteiger partial charge on any atom is -0.423 e. The van der Waals surface area contributed by atoms with Crippen molar-refractivity contribution >= 4 is 11.6 Å². The van der Waals surface area contributed by atoms with Gasteiger partial charge in [-0.25, -0.2) is 0 Å². The molecule has 1 aromatic heterocycles. The smallest absolute Gasteiger partial charge is 0.242 e. The van der Waals surface area contributed by atoms with Gasteiger partial charge in [-0.1, -0.05) is 0 Å². The fourth-order valence-corrected chi connectivity index (χ4v) is 0.968. The summed E-state index contributed by atoms with van der Waals surface area (Å²) in [5.74, 6) is 1.55. The number of halogens is 1. The molecule has 0 aliphatic rings. The Labute approximate surface area is 88.6 Å². The molecule has 0 amide bonds. The fourth-order valence-electron chi connectivity index (χ4n) is 0.807. The van der Waals surface area contributed by atoms with Crippen molar-refractivity contribution in [3.8, 4) is 0 Å². The Morgan fingerprint density at radius 2 is 1.93 bits per heavy atom. The number of rotatable bonds is 4. The molecule has 80 valence electrons. The fraction of sp³-hybridized carbons (Fsp3) is 0.778. The summed E-state index contributed by atoms with van der Waals surface area (Å²) >= 11 is 5.54. The van der Waals surface area contributed by atoms with E-state index in [2.05, 4.69) is 10.2 Å². The second-order valence-electron chi connectivity index (χ2n) is 3.93. The van der Waals surface area contributed by atoms with Crippen LogP contribution in [0.5, 0.6) is 0 Å². The van der Waals surface area contributed by atoms with E-state index in [1.807, 2.05) is 20.8 Å². The van der Waals surface area contributed by atoms with E-state index in [1.165, 1.54) is 0 Å². The predicted molar refractivity (Wildman–Crippen MR) is 53.3 cm³/mol. The number of aryl methyl sites for hydroxylation is 1. The first-order valence-electron chi connectivity index (χ1n) is 4.52. The maximum atomic E-state index is 5.54. The van der Waals surface area contributed by atoms with Gasteiger partial charge in [0, 0.05) is 12.3 Å². The Morgan fingerprint density at radius 3 is 2.50 bits per heavy atom. The molecule has 0 spiro atoms. The Morgan fingerprint density at radius 1 is 1.29 bits per heavy atom. The van der Waals surface area contributed by atoms with Crippen LogP contribution in [0.1, 0.15) is 32.6 Å². The van der Waals surface area contributed by atoms with Gasteiger partial charge in [0.25, 0.3) is 0 Å². The molecule has 0 unspecified atom stereocenters. The van der Waals surface area contributed by atoms with Crippen molar-refractivity contribution < 1.29 is 9.15 Å². The van der Waals surface area contributed by atoms with Crippen molar-refractivity contribution in [1.29, 1.82) is 0 Å². The molecule has 0 fully saturated rings. The summed E-state index contributed by atoms with van der Waals surface area (Å²) < 4.78 is 10.8. The average Bonchev–Trinajstić information content (AvgIpc) is 2.49. The van der Waals surface area contributed by atoms with Crippen LogP contribution in [0.3, 0.4) is 0 Å². The van der Waals surface area contributed by atoms with E-state index in [1.54, 1.807) is 0 Å². The van der Waals surface area contributed by atoms with Crippen LogP contribution in [0.2, 0.25) is 0 Å². The lowest BCUT2D eigenvalue weighted by molar-refractivity contribution is -0.0246. The highest BCUT2D eigenvalue weighted by Gasteiger charge is 2.13. The number of alkyl halides is 1. The van der Waals surface area contributed by atoms with Crippen molar-refractivity contribution in [2.24, 2.45) is 0 Å². The van der Waals surface area contributed by atoms with Gasteiger partial charge in [0.2, 0.25) is 11.8 Å². The molecule has 0 radical (unpaired) electrons. The van der Waals surface area contributed by atoms with E-state index in [4.69, 9.17) is 20.8 Å². The van der Waals surface area contributed by atoms with Crippen LogP contribution in [0.15, 0.2) is 4.42 Å². The molecule has 0 saturated carbocycles. The van der Waals surface area contributed by atoms with Gasteiger partial charge in [-0.3, -0.25) is 0 Å². The second kappa shape index (κ2) is 4.75. The molecule has 0 bridgehead atoms. The van der Waals surface area contributed by atoms with Gasteiger partial charge in [0.05, 0.1) is 5.60 Å². The lowest BCUT2D eigenvalue weighted by Gasteiger charge is -2.17. The summed E-state index contributed by atoms with van der Waals surface area (Å²) in [6, 6.07) is 0. The lowest BCUT2D eigenvalue weighted by Crippen LogP contribution is -2.18. The van der Waals surface area contributed by atoms with Crippen LogP contribution in [0, 0.1) is 0 Å². The molecule has 4 nitrogen and oxygen atoms in total. The molecule has 0 saturated heterocycles. The minimum absolute atomic E-state index is 0.193. The number of aromatic nitrogens is 2. The molecule has 1 rings (SSSR count). The van der Waals surface area contributed by atoms with Crippen molar-refractivity contribution in [1.82, 2.24) is 10.2 Å². The zero-order chi connectivity index (χ0) is 10.6. The number of hydrogen-bond acceptors (Lipinski definition) is 4. The van der Waals surface area contributed by atoms with Crippen molar-refractivity contribution in [3.63, 3.8) is 0 Å². The Balaban J connectivity index is 2.44. The van der Waals surface area contributed by atoms with Crippen molar-refractivity contribution in [2.45, 2.75) is 39.4 Å². The maximum absolute atomic E-state index is 5.54. The molecule has 5 heteroatoms. The summed E-state index contributed by atoms with van der Waals surface area (Å²) in [7, 11) is 0. The normalized spacial score (nSPS) is 12.0. The third kappa shape index (κ3) is 4.07. The summed E-state index contributed by atoms with van der Waals surface area (Å²) in [4.78, 5) is 0. The van der Waals surface area contributed by atoms with Crippen LogP contribution < -0.4 is 0 Å². The highest BCUT2D eigenvalue weighted by atomic mass is 35.5. The van der Waals surface area contributed by atoms with Crippen LogP contribution in [0.25, 0.3) is 0 Å². The lowest BCUT2D eigenvalue weighted by atomic mass is 10.2. The van der Waals surface area contributed by atoms with Crippen LogP contribution >= 0.6 is 11.6 Å². The summed E-state index contributed by atoms with van der Waals surface area (Å²) in [5, 5.41) is 7.66. The maximum Gasteiger partial charge on any atom is 0.242 e. The largest absolute Gasteiger partial charge is 0.423 e. The molecule has 0 aliphatic carbocycles. The second-order valence-corrected chi connectivity index (χ2v) is 4.31. The zero-order valence-electron chi connectivity index (χ0n) is 8.71. The molecule has 0 N–H and O–H groups in total. The molecule has 1 heterocycles. The van der Waals surface area contributed by atoms with E-state index in [0.717, 1.165) is 0 Å². The van der Waals surface area contributed by atoms with Gasteiger partial charge in [-0.15, -0.1) is 21.8 Å². The van der Waals surface area contributed by atoms with Gasteiger partial charge in [-0.05, 0) is 20.8 Å². The topological polar surface area (TPSA) is 48.2 Å². The molecule has 14 heavy (non-hydrogen) atoms. The summed E-state index contributed by atoms with van der Waals surface area (Å²) in [5.41, 5.74) is -0.193. The van der Waals surface area contributed by atoms with Gasteiger partial charge in [0.1, 0.15) is 6.61 Å². The Kier molecular flexibility index (Phi) is 3.89. The van der Waals surface area contributed by atoms with Gasteiger partial charge in [0.15, 0.2) is 0 Å². The van der Waals surface area contributed by atoms with Gasteiger partial charge in [-0.2, -0.15) is 0 Å². The van der Waals surface area contributed by atoms with E-state index < -0.39 is 0 Å². The van der Waals surface area contributed by atoms with E-state index in [-0.39, 0.29) is 5.60 Å². The van der Waals surface area contributed by atoms with Crippen LogP contribution in [-0.2, 0) is 17.8 Å². The number of nitrogens with zero attached hydrogens (tertiary/aromatic N) is 2. The van der Waals surface area contributed by atoms with E-state index >= 15 is 0 Å². The first kappa shape index (κ1) is 11.5. The summed E-state index contributed by atoms with van der Waals surface area (Å²) in [6.45, 7) is 6.27. The van der Waals surface area contributed by atoms with Gasteiger partial charge >= 0.3 is 0 Å². The zero-order valence-corrected chi connectivity index (χ0v) is 9.47. The van der Waals surface area contributed by atoms with Crippen LogP contribution in [0.4, 0.5) is 0 Å². The average molecular weight is 219 g/mol. The highest BCUT2D eigenvalue weighted by molar-refractivity contribution is 6.17. The molecular formula is C9H15ClN2O2. The van der Waals surface area contributed by atoms with E-state index in [0.29, 0.717) is 30.7 Å². The van der Waals surface area contributed by atoms with Crippen molar-refractivity contribution in [2.75, 3.05) is 5.88 Å². The van der Waals surface area contributed by atoms with Crippen molar-refractivity contribution in [3.05, 3.63) is 11.8 Å². The highest BCUT2D eigenvalue weighted by Crippen LogP contribution is 2.11. The SMILES string of the molecule is CC(C)(C)OCc1nnc(CCCl)o1. The molecule has 1 aromatic rings. The predicted octanol–water partition coefficient (Wildman–Crippen LogP) is 2.17. The van der Waals surface area contributed by atoms with Gasteiger partial charge < -0.3 is 9.15 Å². The molecule has 0 aliphatic heterocycles. The first-order chi connectivity index (χ1) is 6.51. The standard InChI is InChI=1S/C9H15ClN2O2/c1-9(2,3)13-6-8-12-11-7(14-8)4-5-10/h4-6H2,1-3H3. The minimum atomic E-state index is -0.193. The molecular weight excluding hydrogens is 204 g/mol. The number of ether oxygens (including phenoxy) is 1. The Bertz CT molecular complexity index is 281. The Hall–Kier alpha value is -0.610. The van der Waals surface area contributed by atoms with Crippen LogP contribution in [-0.4, -0.2) is 21.7 Å². The molecule has 0 atom stereocenters. The quantitative estimate of drug-likeness (QED) is 0.727. The third-order valence-corrected chi connectivity index (χ3v) is 1.63. The monoisotopic (exact) mass is 218 g/mol. The number of hydrogen-bond donors (Lipinski definition) is 0. The first-order valence-corrected chi connectivity index (χ1v) is 5.06. The molecule has 0 aromatic carbocycles. The third-order valence-electron chi connectivity index (χ3n) is 1.45. The summed E-state index contributed by atoms with van der Waals surface area (Å²) in [6.07, 6.45) is 0.601.